The number of fused-ring (bicyclic) bond motifs is 2. The van der Waals surface area contributed by atoms with Gasteiger partial charge in [-0.1, -0.05) is 67.1 Å². The van der Waals surface area contributed by atoms with Crippen molar-refractivity contribution in [3.05, 3.63) is 82.4 Å². The Morgan fingerprint density at radius 1 is 0.789 bits per heavy atom. The molecule has 0 radical (unpaired) electrons. The normalized spacial score (nSPS) is 12.7. The fourth-order valence-electron chi connectivity index (χ4n) is 2.70. The van der Waals surface area contributed by atoms with Gasteiger partial charge in [0.1, 0.15) is 16.6 Å². The van der Waals surface area contributed by atoms with Gasteiger partial charge in [0, 0.05) is 28.7 Å². The predicted octanol–water partition coefficient (Wildman–Crippen LogP) is 8.61. The first kappa shape index (κ1) is 31.5. The Hall–Kier alpha value is -2.73. The summed E-state index contributed by atoms with van der Waals surface area (Å²) >= 11 is 11.4. The minimum Gasteiger partial charge on any atom is -0.379 e. The van der Waals surface area contributed by atoms with Crippen molar-refractivity contribution in [1.82, 2.24) is 9.97 Å². The summed E-state index contributed by atoms with van der Waals surface area (Å²) in [6.07, 6.45) is -3.20. The molecule has 2 aromatic heterocycles. The molecule has 13 heteroatoms. The average molecular weight is 595 g/mol. The van der Waals surface area contributed by atoms with E-state index in [-0.39, 0.29) is 10.7 Å². The molecule has 38 heavy (non-hydrogen) atoms. The highest BCUT2D eigenvalue weighted by molar-refractivity contribution is 6.77. The third kappa shape index (κ3) is 8.93. The molecule has 0 bridgehead atoms. The molecule has 0 spiro atoms. The summed E-state index contributed by atoms with van der Waals surface area (Å²) in [4.78, 5) is 18.2. The van der Waals surface area contributed by atoms with Crippen molar-refractivity contribution in [2.24, 2.45) is 0 Å². The van der Waals surface area contributed by atoms with E-state index in [2.05, 4.69) is 9.97 Å². The smallest absolute Gasteiger partial charge is 0.379 e. The second kappa shape index (κ2) is 12.4. The van der Waals surface area contributed by atoms with Crippen molar-refractivity contribution in [2.75, 3.05) is 0 Å². The number of hydrogen-bond acceptors (Lipinski definition) is 4. The van der Waals surface area contributed by atoms with Crippen LogP contribution >= 0.6 is 23.2 Å². The number of aldehydes is 1. The van der Waals surface area contributed by atoms with Crippen LogP contribution < -0.4 is 0 Å². The fourth-order valence-corrected chi connectivity index (χ4v) is 3.03. The summed E-state index contributed by atoms with van der Waals surface area (Å²) in [6, 6.07) is 12.5. The highest BCUT2D eigenvalue weighted by Gasteiger charge is 2.45. The quantitative estimate of drug-likeness (QED) is 0.109. The van der Waals surface area contributed by atoms with Crippen LogP contribution in [0.15, 0.2) is 60.9 Å². The van der Waals surface area contributed by atoms with Gasteiger partial charge >= 0.3 is 12.0 Å². The molecule has 0 saturated heterocycles. The fraction of sp³-hybridized carbons (Fsp3) is 0.240. The summed E-state index contributed by atoms with van der Waals surface area (Å²) in [7, 11) is -2.86. The number of carbonyl (C=O) groups excluding carboxylic acids is 1. The molecule has 1 unspecified atom stereocenters. The van der Waals surface area contributed by atoms with E-state index in [9.17, 15) is 31.1 Å². The van der Waals surface area contributed by atoms with E-state index in [0.29, 0.717) is 21.5 Å². The van der Waals surface area contributed by atoms with Crippen molar-refractivity contribution in [3.8, 4) is 0 Å². The molecule has 2 aromatic carbocycles. The largest absolute Gasteiger partial charge is 0.418 e. The first-order valence-corrected chi connectivity index (χ1v) is 15.0. The number of carbonyl (C=O) groups is 1. The molecule has 204 valence electrons. The Kier molecular flexibility index (Phi) is 10.3. The number of aromatic nitrogens is 2. The van der Waals surface area contributed by atoms with Crippen LogP contribution in [0.4, 0.5) is 26.3 Å². The summed E-state index contributed by atoms with van der Waals surface area (Å²) in [6.45, 7) is 3.85. The molecule has 0 aliphatic carbocycles. The van der Waals surface area contributed by atoms with Crippen LogP contribution in [0.25, 0.3) is 21.5 Å². The van der Waals surface area contributed by atoms with Gasteiger partial charge in [-0.05, 0) is 40.6 Å². The predicted molar refractivity (Wildman–Crippen MR) is 139 cm³/mol. The number of halogens is 8. The first-order chi connectivity index (χ1) is 17.4. The zero-order valence-corrected chi connectivity index (χ0v) is 22.7. The molecule has 2 heterocycles. The SMILES string of the molecule is C[Si](C)(C)C(F)(F)F.O=Cc1ccc2cnc(Cl)cc2c1.OC(c1ccc2cnc(Cl)cc2c1)C(F)(F)F. The van der Waals surface area contributed by atoms with Crippen LogP contribution in [0.3, 0.4) is 0 Å². The second-order valence-electron chi connectivity index (χ2n) is 9.04. The van der Waals surface area contributed by atoms with Gasteiger partial charge in [0.2, 0.25) is 0 Å². The lowest BCUT2D eigenvalue weighted by Crippen LogP contribution is -2.40. The highest BCUT2D eigenvalue weighted by Crippen LogP contribution is 2.34. The molecule has 0 aliphatic rings. The van der Waals surface area contributed by atoms with Gasteiger partial charge < -0.3 is 5.11 Å². The lowest BCUT2D eigenvalue weighted by Gasteiger charge is -2.19. The number of pyridine rings is 2. The maximum Gasteiger partial charge on any atom is 0.418 e. The van der Waals surface area contributed by atoms with E-state index < -0.39 is 26.2 Å². The second-order valence-corrected chi connectivity index (χ2v) is 14.9. The van der Waals surface area contributed by atoms with E-state index in [4.69, 9.17) is 28.3 Å². The lowest BCUT2D eigenvalue weighted by molar-refractivity contribution is -0.206. The van der Waals surface area contributed by atoms with Crippen LogP contribution in [-0.2, 0) is 0 Å². The van der Waals surface area contributed by atoms with Gasteiger partial charge in [-0.3, -0.25) is 4.79 Å². The number of rotatable bonds is 2. The number of aliphatic hydroxyl groups excluding tert-OH is 1. The van der Waals surface area contributed by atoms with Crippen LogP contribution in [0.1, 0.15) is 22.0 Å². The Morgan fingerprint density at radius 2 is 1.24 bits per heavy atom. The zero-order chi connectivity index (χ0) is 28.9. The van der Waals surface area contributed by atoms with Gasteiger partial charge in [-0.15, -0.1) is 0 Å². The molecular formula is C25H22Cl2F6N2O2Si. The Bertz CT molecular complexity index is 1400. The van der Waals surface area contributed by atoms with Gasteiger partial charge in [-0.2, -0.15) is 26.3 Å². The average Bonchev–Trinajstić information content (AvgIpc) is 2.81. The van der Waals surface area contributed by atoms with E-state index in [0.717, 1.165) is 17.1 Å². The molecule has 0 amide bonds. The summed E-state index contributed by atoms with van der Waals surface area (Å²) < 4.78 is 71.9. The molecule has 0 aliphatic heterocycles. The lowest BCUT2D eigenvalue weighted by atomic mass is 10.0. The van der Waals surface area contributed by atoms with Crippen LogP contribution in [0, 0.1) is 0 Å². The molecule has 0 fully saturated rings. The molecule has 0 saturated carbocycles. The van der Waals surface area contributed by atoms with Gasteiger partial charge in [-0.25, -0.2) is 9.97 Å². The minimum absolute atomic E-state index is 0.191. The monoisotopic (exact) mass is 594 g/mol. The Labute approximate surface area is 225 Å². The summed E-state index contributed by atoms with van der Waals surface area (Å²) in [5.74, 6) is -3.92. The number of benzene rings is 2. The highest BCUT2D eigenvalue weighted by atomic mass is 35.5. The van der Waals surface area contributed by atoms with Crippen LogP contribution in [0.5, 0.6) is 0 Å². The first-order valence-electron chi connectivity index (χ1n) is 10.8. The molecule has 4 nitrogen and oxygen atoms in total. The van der Waals surface area contributed by atoms with Crippen molar-refractivity contribution >= 4 is 59.1 Å². The van der Waals surface area contributed by atoms with E-state index in [1.807, 2.05) is 6.07 Å². The Balaban J connectivity index is 0.000000215. The standard InChI is InChI=1S/C11H7ClF3NO.C10H6ClNO.C4H9F3Si/c12-9-4-8-3-6(10(17)11(13,14)15)1-2-7(8)5-16-9;11-10-4-9-3-7(6-13)1-2-8(9)5-12-10;1-8(2,3)4(5,6)7/h1-5,10,17H;1-6H;1-3H3. The van der Waals surface area contributed by atoms with Crippen LogP contribution in [-0.4, -0.2) is 41.4 Å². The summed E-state index contributed by atoms with van der Waals surface area (Å²) in [5, 5.41) is 12.8. The van der Waals surface area contributed by atoms with Crippen LogP contribution in [0.2, 0.25) is 29.9 Å². The van der Waals surface area contributed by atoms with Crippen molar-refractivity contribution in [1.29, 1.82) is 0 Å². The molecular weight excluding hydrogens is 573 g/mol. The maximum atomic E-state index is 12.3. The number of alkyl halides is 6. The van der Waals surface area contributed by atoms with E-state index >= 15 is 0 Å². The third-order valence-corrected chi connectivity index (χ3v) is 7.15. The van der Waals surface area contributed by atoms with Crippen molar-refractivity contribution in [2.45, 2.75) is 37.7 Å². The third-order valence-electron chi connectivity index (χ3n) is 5.04. The molecule has 1 atom stereocenters. The van der Waals surface area contributed by atoms with Crippen molar-refractivity contribution < 1.29 is 36.2 Å². The molecule has 4 rings (SSSR count). The molecule has 1 N–H and O–H groups in total. The van der Waals surface area contributed by atoms with Gasteiger partial charge in [0.05, 0.1) is 0 Å². The van der Waals surface area contributed by atoms with Crippen molar-refractivity contribution in [3.63, 3.8) is 0 Å². The topological polar surface area (TPSA) is 63.1 Å². The minimum atomic E-state index is -4.68. The van der Waals surface area contributed by atoms with Gasteiger partial charge in [0.15, 0.2) is 14.2 Å². The Morgan fingerprint density at radius 3 is 1.66 bits per heavy atom. The summed E-state index contributed by atoms with van der Waals surface area (Å²) in [5.41, 5.74) is 0.432. The molecule has 4 aromatic rings. The van der Waals surface area contributed by atoms with E-state index in [1.54, 1.807) is 24.4 Å². The number of hydrogen-bond donors (Lipinski definition) is 1. The maximum absolute atomic E-state index is 12.3. The number of aliphatic hydroxyl groups is 1. The van der Waals surface area contributed by atoms with E-state index in [1.165, 1.54) is 50.1 Å². The van der Waals surface area contributed by atoms with Gasteiger partial charge in [0.25, 0.3) is 0 Å². The zero-order valence-electron chi connectivity index (χ0n) is 20.2. The number of nitrogens with zero attached hydrogens (tertiary/aromatic N) is 2.